The van der Waals surface area contributed by atoms with Crippen molar-refractivity contribution in [3.05, 3.63) is 30.5 Å². The molecule has 14 heavy (non-hydrogen) atoms. The van der Waals surface area contributed by atoms with E-state index >= 15 is 0 Å². The molecular weight excluding hydrogens is 176 g/mol. The molecule has 3 nitrogen and oxygen atoms in total. The monoisotopic (exact) mass is 186 g/mol. The Bertz CT molecular complexity index is 437. The van der Waals surface area contributed by atoms with Crippen molar-refractivity contribution >= 4 is 16.6 Å². The van der Waals surface area contributed by atoms with Gasteiger partial charge < -0.3 is 10.1 Å². The number of rotatable bonds is 0. The largest absolute Gasteiger partial charge is 0.490 e. The van der Waals surface area contributed by atoms with E-state index in [2.05, 4.69) is 10.3 Å². The van der Waals surface area contributed by atoms with Crippen LogP contribution in [0.15, 0.2) is 30.5 Å². The summed E-state index contributed by atoms with van der Waals surface area (Å²) in [6.45, 7) is 1.60. The molecule has 1 aliphatic heterocycles. The third-order valence-electron chi connectivity index (χ3n) is 2.38. The molecule has 0 radical (unpaired) electrons. The first kappa shape index (κ1) is 7.62. The van der Waals surface area contributed by atoms with E-state index in [0.717, 1.165) is 35.5 Å². The molecule has 0 aliphatic carbocycles. The van der Waals surface area contributed by atoms with Crippen LogP contribution in [0.4, 0.5) is 5.69 Å². The highest BCUT2D eigenvalue weighted by atomic mass is 16.5. The van der Waals surface area contributed by atoms with Gasteiger partial charge in [0.2, 0.25) is 0 Å². The molecule has 0 atom stereocenters. The maximum atomic E-state index is 5.54. The number of hydrogen-bond acceptors (Lipinski definition) is 3. The van der Waals surface area contributed by atoms with Crippen LogP contribution in [0.25, 0.3) is 10.9 Å². The number of hydrogen-bond donors (Lipinski definition) is 1. The van der Waals surface area contributed by atoms with Crippen molar-refractivity contribution in [3.8, 4) is 5.75 Å². The molecule has 2 heterocycles. The molecule has 1 aliphatic rings. The minimum Gasteiger partial charge on any atom is -0.490 e. The summed E-state index contributed by atoms with van der Waals surface area (Å²) in [7, 11) is 0. The van der Waals surface area contributed by atoms with Gasteiger partial charge >= 0.3 is 0 Å². The Morgan fingerprint density at radius 2 is 2.36 bits per heavy atom. The van der Waals surface area contributed by atoms with E-state index in [4.69, 9.17) is 4.74 Å². The van der Waals surface area contributed by atoms with Crippen molar-refractivity contribution in [2.45, 2.75) is 0 Å². The zero-order valence-corrected chi connectivity index (χ0v) is 7.66. The number of aromatic nitrogens is 1. The van der Waals surface area contributed by atoms with E-state index in [0.29, 0.717) is 0 Å². The zero-order chi connectivity index (χ0) is 9.38. The summed E-state index contributed by atoms with van der Waals surface area (Å²) in [5, 5.41) is 4.41. The molecule has 1 N–H and O–H groups in total. The smallest absolute Gasteiger partial charge is 0.143 e. The van der Waals surface area contributed by atoms with Crippen molar-refractivity contribution in [2.75, 3.05) is 18.5 Å². The Balaban J connectivity index is 2.27. The lowest BCUT2D eigenvalue weighted by Gasteiger charge is -2.19. The SMILES string of the molecule is c1cnc2cc3c(cc2c1)OCCN3. The number of benzene rings is 1. The maximum absolute atomic E-state index is 5.54. The van der Waals surface area contributed by atoms with Crippen molar-refractivity contribution in [1.82, 2.24) is 4.98 Å². The lowest BCUT2D eigenvalue weighted by atomic mass is 10.1. The lowest BCUT2D eigenvalue weighted by molar-refractivity contribution is 0.324. The Hall–Kier alpha value is -1.77. The van der Waals surface area contributed by atoms with Crippen LogP contribution in [0.5, 0.6) is 5.75 Å². The fourth-order valence-electron chi connectivity index (χ4n) is 1.70. The maximum Gasteiger partial charge on any atom is 0.143 e. The number of nitrogens with one attached hydrogen (secondary N) is 1. The average Bonchev–Trinajstić information content (AvgIpc) is 2.26. The van der Waals surface area contributed by atoms with E-state index in [1.54, 1.807) is 6.20 Å². The summed E-state index contributed by atoms with van der Waals surface area (Å²) >= 11 is 0. The average molecular weight is 186 g/mol. The van der Waals surface area contributed by atoms with Crippen molar-refractivity contribution < 1.29 is 4.74 Å². The summed E-state index contributed by atoms with van der Waals surface area (Å²) < 4.78 is 5.54. The molecule has 70 valence electrons. The Labute approximate surface area is 81.7 Å². The molecule has 0 saturated heterocycles. The van der Waals surface area contributed by atoms with Gasteiger partial charge in [0.15, 0.2) is 0 Å². The first-order valence-electron chi connectivity index (χ1n) is 4.69. The highest BCUT2D eigenvalue weighted by Crippen LogP contribution is 2.31. The van der Waals surface area contributed by atoms with E-state index in [9.17, 15) is 0 Å². The van der Waals surface area contributed by atoms with Gasteiger partial charge in [0.1, 0.15) is 12.4 Å². The van der Waals surface area contributed by atoms with Gasteiger partial charge in [-0.3, -0.25) is 4.98 Å². The number of anilines is 1. The molecule has 0 spiro atoms. The van der Waals surface area contributed by atoms with Crippen LogP contribution in [-0.2, 0) is 0 Å². The molecule has 1 aromatic carbocycles. The van der Waals surface area contributed by atoms with E-state index in [1.807, 2.05) is 24.3 Å². The first-order valence-corrected chi connectivity index (χ1v) is 4.69. The van der Waals surface area contributed by atoms with Gasteiger partial charge in [0.05, 0.1) is 11.2 Å². The third-order valence-corrected chi connectivity index (χ3v) is 2.38. The molecule has 2 aromatic rings. The fraction of sp³-hybridized carbons (Fsp3) is 0.182. The van der Waals surface area contributed by atoms with Gasteiger partial charge in [-0.2, -0.15) is 0 Å². The highest BCUT2D eigenvalue weighted by Gasteiger charge is 2.10. The molecule has 1 aromatic heterocycles. The first-order chi connectivity index (χ1) is 6.93. The van der Waals surface area contributed by atoms with Crippen LogP contribution in [0, 0.1) is 0 Å². The second-order valence-corrected chi connectivity index (χ2v) is 3.32. The summed E-state index contributed by atoms with van der Waals surface area (Å²) in [6, 6.07) is 8.04. The second-order valence-electron chi connectivity index (χ2n) is 3.32. The number of pyridine rings is 1. The molecule has 0 amide bonds. The van der Waals surface area contributed by atoms with E-state index < -0.39 is 0 Å². The Kier molecular flexibility index (Phi) is 1.56. The molecule has 0 saturated carbocycles. The normalized spacial score (nSPS) is 14.3. The standard InChI is InChI=1S/C11H10N2O/c1-2-8-6-11-10(13-4-5-14-11)7-9(8)12-3-1/h1-3,6-7,13H,4-5H2. The second kappa shape index (κ2) is 2.87. The van der Waals surface area contributed by atoms with Gasteiger partial charge in [-0.1, -0.05) is 6.07 Å². The van der Waals surface area contributed by atoms with Gasteiger partial charge in [-0.25, -0.2) is 0 Å². The molecule has 0 fully saturated rings. The summed E-state index contributed by atoms with van der Waals surface area (Å²) in [6.07, 6.45) is 1.80. The van der Waals surface area contributed by atoms with Crippen molar-refractivity contribution in [3.63, 3.8) is 0 Å². The predicted molar refractivity (Wildman–Crippen MR) is 55.7 cm³/mol. The van der Waals surface area contributed by atoms with Crippen LogP contribution in [0.1, 0.15) is 0 Å². The predicted octanol–water partition coefficient (Wildman–Crippen LogP) is 2.04. The number of nitrogens with zero attached hydrogens (tertiary/aromatic N) is 1. The van der Waals surface area contributed by atoms with Crippen LogP contribution in [-0.4, -0.2) is 18.1 Å². The quantitative estimate of drug-likeness (QED) is 0.683. The third kappa shape index (κ3) is 1.09. The molecule has 3 heteroatoms. The topological polar surface area (TPSA) is 34.1 Å². The highest BCUT2D eigenvalue weighted by molar-refractivity contribution is 5.85. The summed E-state index contributed by atoms with van der Waals surface area (Å²) in [4.78, 5) is 4.29. The summed E-state index contributed by atoms with van der Waals surface area (Å²) in [5.41, 5.74) is 2.05. The van der Waals surface area contributed by atoms with Crippen molar-refractivity contribution in [1.29, 1.82) is 0 Å². The molecular formula is C11H10N2O. The Morgan fingerprint density at radius 1 is 1.36 bits per heavy atom. The van der Waals surface area contributed by atoms with E-state index in [-0.39, 0.29) is 0 Å². The number of fused-ring (bicyclic) bond motifs is 2. The van der Waals surface area contributed by atoms with Gasteiger partial charge in [0.25, 0.3) is 0 Å². The van der Waals surface area contributed by atoms with Gasteiger partial charge in [0, 0.05) is 18.1 Å². The van der Waals surface area contributed by atoms with Crippen LogP contribution < -0.4 is 10.1 Å². The molecule has 0 bridgehead atoms. The molecule has 0 unspecified atom stereocenters. The summed E-state index contributed by atoms with van der Waals surface area (Å²) in [5.74, 6) is 0.928. The number of ether oxygens (including phenoxy) is 1. The van der Waals surface area contributed by atoms with Gasteiger partial charge in [-0.05, 0) is 18.2 Å². The minimum absolute atomic E-state index is 0.735. The van der Waals surface area contributed by atoms with E-state index in [1.165, 1.54) is 0 Å². The fourth-order valence-corrected chi connectivity index (χ4v) is 1.70. The zero-order valence-electron chi connectivity index (χ0n) is 7.66. The Morgan fingerprint density at radius 3 is 3.36 bits per heavy atom. The lowest BCUT2D eigenvalue weighted by Crippen LogP contribution is -2.17. The van der Waals surface area contributed by atoms with Crippen LogP contribution in [0.2, 0.25) is 0 Å². The minimum atomic E-state index is 0.735. The van der Waals surface area contributed by atoms with Crippen LogP contribution >= 0.6 is 0 Å². The van der Waals surface area contributed by atoms with Crippen molar-refractivity contribution in [2.24, 2.45) is 0 Å². The van der Waals surface area contributed by atoms with Crippen LogP contribution in [0.3, 0.4) is 0 Å². The molecule has 3 rings (SSSR count). The van der Waals surface area contributed by atoms with Gasteiger partial charge in [-0.15, -0.1) is 0 Å².